The van der Waals surface area contributed by atoms with E-state index in [-0.39, 0.29) is 34.5 Å². The highest BCUT2D eigenvalue weighted by molar-refractivity contribution is 9.10. The number of nitrogens with one attached hydrogen (secondary N) is 1. The van der Waals surface area contributed by atoms with Crippen LogP contribution in [0.2, 0.25) is 0 Å². The predicted octanol–water partition coefficient (Wildman–Crippen LogP) is 2.91. The number of alkyl halides is 1. The zero-order chi connectivity index (χ0) is 18.8. The third kappa shape index (κ3) is 3.87. The number of anilines is 1. The van der Waals surface area contributed by atoms with Crippen LogP contribution >= 0.6 is 15.9 Å². The number of benzene rings is 1. The van der Waals surface area contributed by atoms with E-state index in [9.17, 15) is 18.4 Å². The molecule has 1 fully saturated rings. The Morgan fingerprint density at radius 1 is 1.35 bits per heavy atom. The van der Waals surface area contributed by atoms with Crippen molar-refractivity contribution in [1.29, 1.82) is 0 Å². The van der Waals surface area contributed by atoms with Gasteiger partial charge >= 0.3 is 0 Å². The zero-order valence-electron chi connectivity index (χ0n) is 13.7. The van der Waals surface area contributed by atoms with Crippen molar-refractivity contribution in [1.82, 2.24) is 14.9 Å². The Morgan fingerprint density at radius 2 is 2.00 bits per heavy atom. The summed E-state index contributed by atoms with van der Waals surface area (Å²) in [5.74, 6) is -2.22. The minimum absolute atomic E-state index is 0.0514. The van der Waals surface area contributed by atoms with E-state index in [4.69, 9.17) is 0 Å². The first-order chi connectivity index (χ1) is 12.4. The van der Waals surface area contributed by atoms with Crippen molar-refractivity contribution in [2.24, 2.45) is 0 Å². The van der Waals surface area contributed by atoms with Gasteiger partial charge in [-0.1, -0.05) is 0 Å². The van der Waals surface area contributed by atoms with Crippen molar-refractivity contribution >= 4 is 33.7 Å². The molecular formula is C17H15BrF2N4O2. The molecule has 9 heteroatoms. The lowest BCUT2D eigenvalue weighted by molar-refractivity contribution is -0.116. The molecule has 26 heavy (non-hydrogen) atoms. The Hall–Kier alpha value is -2.42. The molecule has 136 valence electrons. The van der Waals surface area contributed by atoms with E-state index in [2.05, 4.69) is 31.2 Å². The highest BCUT2D eigenvalue weighted by atomic mass is 79.9. The van der Waals surface area contributed by atoms with E-state index >= 15 is 0 Å². The first kappa shape index (κ1) is 18.4. The van der Waals surface area contributed by atoms with Crippen LogP contribution in [0.15, 0.2) is 35.1 Å². The largest absolute Gasteiger partial charge is 0.332 e. The number of nitrogens with zero attached hydrogens (tertiary/aromatic N) is 3. The number of rotatable bonds is 5. The molecule has 0 radical (unpaired) electrons. The van der Waals surface area contributed by atoms with Gasteiger partial charge in [0.1, 0.15) is 12.0 Å². The van der Waals surface area contributed by atoms with Crippen LogP contribution in [-0.2, 0) is 4.79 Å². The molecule has 1 N–H and O–H groups in total. The summed E-state index contributed by atoms with van der Waals surface area (Å²) < 4.78 is 28.1. The summed E-state index contributed by atoms with van der Waals surface area (Å²) in [6.07, 6.45) is 1.96. The Bertz CT molecular complexity index is 850. The number of hydrogen-bond acceptors (Lipinski definition) is 4. The van der Waals surface area contributed by atoms with E-state index in [0.717, 1.165) is 4.90 Å². The normalized spacial score (nSPS) is 18.3. The van der Waals surface area contributed by atoms with Gasteiger partial charge in [-0.3, -0.25) is 14.9 Å². The topological polar surface area (TPSA) is 75.2 Å². The molecule has 1 heterocycles. The predicted molar refractivity (Wildman–Crippen MR) is 94.0 cm³/mol. The Morgan fingerprint density at radius 3 is 2.62 bits per heavy atom. The minimum atomic E-state index is -1.16. The minimum Gasteiger partial charge on any atom is -0.332 e. The number of amides is 2. The van der Waals surface area contributed by atoms with E-state index in [1.807, 2.05) is 0 Å². The lowest BCUT2D eigenvalue weighted by Crippen LogP contribution is -2.35. The molecule has 1 aromatic heterocycles. The molecule has 1 aromatic carbocycles. The summed E-state index contributed by atoms with van der Waals surface area (Å²) in [5.41, 5.74) is 0.109. The third-order valence-electron chi connectivity index (χ3n) is 3.99. The average molecular weight is 425 g/mol. The summed E-state index contributed by atoms with van der Waals surface area (Å²) in [6.45, 7) is -0.280. The van der Waals surface area contributed by atoms with Gasteiger partial charge in [0.15, 0.2) is 0 Å². The van der Waals surface area contributed by atoms with Gasteiger partial charge < -0.3 is 4.90 Å². The van der Waals surface area contributed by atoms with Gasteiger partial charge in [0.2, 0.25) is 11.9 Å². The number of carbonyl (C=O) groups is 2. The Labute approximate surface area is 156 Å². The number of aromatic nitrogens is 2. The molecule has 0 aliphatic heterocycles. The number of hydrogen-bond donors (Lipinski definition) is 1. The van der Waals surface area contributed by atoms with Crippen LogP contribution in [-0.4, -0.2) is 46.4 Å². The first-order valence-electron chi connectivity index (χ1n) is 7.82. The monoisotopic (exact) mass is 424 g/mol. The fraction of sp³-hybridized carbons (Fsp3) is 0.294. The molecule has 2 unspecified atom stereocenters. The van der Waals surface area contributed by atoms with Gasteiger partial charge in [-0.15, -0.1) is 0 Å². The van der Waals surface area contributed by atoms with Crippen LogP contribution in [0.4, 0.5) is 14.7 Å². The summed E-state index contributed by atoms with van der Waals surface area (Å²) in [4.78, 5) is 33.6. The smallest absolute Gasteiger partial charge is 0.254 e. The fourth-order valence-electron chi connectivity index (χ4n) is 2.60. The molecule has 0 saturated heterocycles. The highest BCUT2D eigenvalue weighted by Crippen LogP contribution is 2.47. The van der Waals surface area contributed by atoms with Crippen molar-refractivity contribution < 1.29 is 18.4 Å². The van der Waals surface area contributed by atoms with Crippen molar-refractivity contribution in [2.45, 2.75) is 18.5 Å². The van der Waals surface area contributed by atoms with E-state index in [1.165, 1.54) is 31.6 Å². The Kier molecular flexibility index (Phi) is 5.26. The van der Waals surface area contributed by atoms with Crippen molar-refractivity contribution in [3.8, 4) is 0 Å². The zero-order valence-corrected chi connectivity index (χ0v) is 15.3. The molecule has 1 aliphatic carbocycles. The second-order valence-corrected chi connectivity index (χ2v) is 6.82. The van der Waals surface area contributed by atoms with Gasteiger partial charge in [0, 0.05) is 36.5 Å². The maximum absolute atomic E-state index is 14.4. The second-order valence-electron chi connectivity index (χ2n) is 5.96. The van der Waals surface area contributed by atoms with E-state index in [1.54, 1.807) is 6.07 Å². The van der Waals surface area contributed by atoms with Crippen LogP contribution in [0, 0.1) is 5.82 Å². The van der Waals surface area contributed by atoms with Crippen molar-refractivity contribution in [2.75, 3.05) is 18.9 Å². The van der Waals surface area contributed by atoms with E-state index in [0.29, 0.717) is 0 Å². The summed E-state index contributed by atoms with van der Waals surface area (Å²) in [7, 11) is 1.41. The molecule has 2 atom stereocenters. The van der Waals surface area contributed by atoms with Crippen LogP contribution in [0.3, 0.4) is 0 Å². The summed E-state index contributed by atoms with van der Waals surface area (Å²) >= 11 is 3.06. The molecule has 2 amide bonds. The van der Waals surface area contributed by atoms with Crippen LogP contribution in [0.1, 0.15) is 28.3 Å². The molecule has 1 aliphatic rings. The standard InChI is InChI=1S/C17H15BrF2N4O2/c1-24(8-13(25)23-17-21-5-2-6-22-17)16(26)9-3-4-11(18)15(20)14(9)10-7-12(10)19/h2-6,10,12H,7-8H2,1H3,(H,21,22,23,25). The molecule has 2 aromatic rings. The molecule has 3 rings (SSSR count). The molecule has 6 nitrogen and oxygen atoms in total. The highest BCUT2D eigenvalue weighted by Gasteiger charge is 2.43. The molecule has 0 spiro atoms. The number of halogens is 3. The fourth-order valence-corrected chi connectivity index (χ4v) is 2.94. The lowest BCUT2D eigenvalue weighted by Gasteiger charge is -2.19. The van der Waals surface area contributed by atoms with Crippen molar-refractivity contribution in [3.05, 3.63) is 52.0 Å². The first-order valence-corrected chi connectivity index (χ1v) is 8.62. The number of carbonyl (C=O) groups excluding carboxylic acids is 2. The van der Waals surface area contributed by atoms with Crippen molar-refractivity contribution in [3.63, 3.8) is 0 Å². The second kappa shape index (κ2) is 7.45. The third-order valence-corrected chi connectivity index (χ3v) is 4.60. The molecule has 1 saturated carbocycles. The van der Waals surface area contributed by atoms with Gasteiger partial charge in [0.25, 0.3) is 5.91 Å². The van der Waals surface area contributed by atoms with Crippen LogP contribution in [0.5, 0.6) is 0 Å². The summed E-state index contributed by atoms with van der Waals surface area (Å²) in [6, 6.07) is 4.43. The van der Waals surface area contributed by atoms with Gasteiger partial charge in [-0.2, -0.15) is 0 Å². The Balaban J connectivity index is 1.75. The van der Waals surface area contributed by atoms with E-state index < -0.39 is 29.7 Å². The van der Waals surface area contributed by atoms with Crippen LogP contribution in [0.25, 0.3) is 0 Å². The maximum atomic E-state index is 14.4. The SMILES string of the molecule is CN(CC(=O)Nc1ncccn1)C(=O)c1ccc(Br)c(F)c1C1CC1F. The van der Waals surface area contributed by atoms with Crippen LogP contribution < -0.4 is 5.32 Å². The van der Waals surface area contributed by atoms with Gasteiger partial charge in [0.05, 0.1) is 11.0 Å². The van der Waals surface area contributed by atoms with Gasteiger partial charge in [-0.25, -0.2) is 18.7 Å². The average Bonchev–Trinajstić information content (AvgIpc) is 3.33. The maximum Gasteiger partial charge on any atom is 0.254 e. The quantitative estimate of drug-likeness (QED) is 0.800. The molecular weight excluding hydrogens is 410 g/mol. The van der Waals surface area contributed by atoms with Gasteiger partial charge in [-0.05, 0) is 40.5 Å². The lowest BCUT2D eigenvalue weighted by atomic mass is 10.0. The molecule has 0 bridgehead atoms. The number of likely N-dealkylation sites (N-methyl/N-ethyl adjacent to an activating group) is 1. The summed E-state index contributed by atoms with van der Waals surface area (Å²) in [5, 5.41) is 2.46.